The van der Waals surface area contributed by atoms with Crippen LogP contribution in [-0.4, -0.2) is 30.2 Å². The van der Waals surface area contributed by atoms with Crippen LogP contribution in [0.5, 0.6) is 0 Å². The molecule has 0 saturated heterocycles. The molecule has 0 saturated carbocycles. The lowest BCUT2D eigenvalue weighted by molar-refractivity contribution is 0.0212. The predicted octanol–water partition coefficient (Wildman–Crippen LogP) is 3.76. The van der Waals surface area contributed by atoms with Crippen molar-refractivity contribution in [1.82, 2.24) is 0 Å². The molecule has 0 aliphatic carbocycles. The van der Waals surface area contributed by atoms with Crippen LogP contribution in [0.25, 0.3) is 0 Å². The number of aliphatic hydroxyl groups is 1. The second kappa shape index (κ2) is 5.66. The molecule has 0 bridgehead atoms. The van der Waals surface area contributed by atoms with Crippen molar-refractivity contribution in [3.63, 3.8) is 0 Å². The van der Waals surface area contributed by atoms with E-state index in [1.165, 1.54) is 0 Å². The first kappa shape index (κ1) is 16.8. The van der Waals surface area contributed by atoms with Crippen molar-refractivity contribution in [3.8, 4) is 0 Å². The van der Waals surface area contributed by atoms with E-state index in [2.05, 4.69) is 61.2 Å². The Morgan fingerprint density at radius 3 is 1.47 bits per heavy atom. The lowest BCUT2D eigenvalue weighted by Crippen LogP contribution is -2.58. The third kappa shape index (κ3) is 3.92. The van der Waals surface area contributed by atoms with Gasteiger partial charge in [-0.15, -0.1) is 0 Å². The van der Waals surface area contributed by atoms with Gasteiger partial charge < -0.3 is 5.11 Å². The van der Waals surface area contributed by atoms with Crippen LogP contribution in [0.3, 0.4) is 0 Å². The summed E-state index contributed by atoms with van der Waals surface area (Å²) in [7, 11) is -1.61. The molecule has 0 aromatic rings. The summed E-state index contributed by atoms with van der Waals surface area (Å²) in [6, 6.07) is 0.251. The first-order chi connectivity index (χ1) is 7.44. The third-order valence-corrected chi connectivity index (χ3v) is 5.19. The van der Waals surface area contributed by atoms with Crippen molar-refractivity contribution in [3.05, 3.63) is 0 Å². The van der Waals surface area contributed by atoms with Crippen LogP contribution in [0.2, 0.25) is 19.6 Å². The fourth-order valence-electron chi connectivity index (χ4n) is 2.37. The van der Waals surface area contributed by atoms with Gasteiger partial charge in [0.05, 0.1) is 8.07 Å². The molecule has 102 valence electrons. The van der Waals surface area contributed by atoms with E-state index in [4.69, 9.17) is 4.99 Å². The van der Waals surface area contributed by atoms with Crippen LogP contribution < -0.4 is 0 Å². The van der Waals surface area contributed by atoms with Crippen LogP contribution in [0.15, 0.2) is 4.99 Å². The van der Waals surface area contributed by atoms with Crippen LogP contribution in [0, 0.1) is 11.8 Å². The molecule has 1 N–H and O–H groups in total. The van der Waals surface area contributed by atoms with E-state index in [1.807, 2.05) is 0 Å². The van der Waals surface area contributed by atoms with Crippen LogP contribution >= 0.6 is 0 Å². The zero-order valence-corrected chi connectivity index (χ0v) is 14.1. The molecule has 0 heterocycles. The predicted molar refractivity (Wildman–Crippen MR) is 80.5 cm³/mol. The molecular weight excluding hydrogens is 226 g/mol. The van der Waals surface area contributed by atoms with E-state index in [1.54, 1.807) is 0 Å². The zero-order chi connectivity index (χ0) is 14.0. The smallest absolute Gasteiger partial charge is 0.103 e. The average molecular weight is 257 g/mol. The second-order valence-electron chi connectivity index (χ2n) is 6.96. The maximum absolute atomic E-state index is 11.1. The highest BCUT2D eigenvalue weighted by Gasteiger charge is 2.45. The first-order valence-electron chi connectivity index (χ1n) is 6.75. The highest BCUT2D eigenvalue weighted by molar-refractivity contribution is 7.05. The van der Waals surface area contributed by atoms with Crippen LogP contribution in [-0.2, 0) is 0 Å². The van der Waals surface area contributed by atoms with Crippen molar-refractivity contribution in [2.45, 2.75) is 72.8 Å². The Balaban J connectivity index is 5.74. The number of hydrogen-bond acceptors (Lipinski definition) is 2. The minimum atomic E-state index is -1.61. The summed E-state index contributed by atoms with van der Waals surface area (Å²) in [5, 5.41) is 12.2. The Labute approximate surface area is 109 Å². The SMILES string of the molecule is CC(C)N=C(C(O)(C(C)C)C(C)C)[Si](C)(C)C. The molecule has 0 rings (SSSR count). The number of aliphatic imine (C=N–C) groups is 1. The summed E-state index contributed by atoms with van der Waals surface area (Å²) in [6.07, 6.45) is 0. The summed E-state index contributed by atoms with van der Waals surface area (Å²) >= 11 is 0. The largest absolute Gasteiger partial charge is 0.384 e. The fourth-order valence-corrected chi connectivity index (χ4v) is 4.79. The summed E-state index contributed by atoms with van der Waals surface area (Å²) < 4.78 is 0. The van der Waals surface area contributed by atoms with E-state index in [0.717, 1.165) is 5.33 Å². The highest BCUT2D eigenvalue weighted by Crippen LogP contribution is 2.32. The Bertz CT molecular complexity index is 266. The van der Waals surface area contributed by atoms with Gasteiger partial charge in [-0.25, -0.2) is 0 Å². The average Bonchev–Trinajstić information content (AvgIpc) is 2.10. The molecule has 0 aliphatic rings. The zero-order valence-electron chi connectivity index (χ0n) is 13.1. The van der Waals surface area contributed by atoms with Gasteiger partial charge in [-0.3, -0.25) is 4.99 Å². The van der Waals surface area contributed by atoms with Crippen molar-refractivity contribution in [1.29, 1.82) is 0 Å². The van der Waals surface area contributed by atoms with Gasteiger partial charge in [0, 0.05) is 11.4 Å². The van der Waals surface area contributed by atoms with Gasteiger partial charge >= 0.3 is 0 Å². The summed E-state index contributed by atoms with van der Waals surface area (Å²) in [6.45, 7) is 19.3. The monoisotopic (exact) mass is 257 g/mol. The minimum absolute atomic E-state index is 0.201. The number of rotatable bonds is 5. The molecule has 3 heteroatoms. The molecule has 0 spiro atoms. The van der Waals surface area contributed by atoms with Gasteiger partial charge in [0.25, 0.3) is 0 Å². The normalized spacial score (nSPS) is 15.2. The van der Waals surface area contributed by atoms with Gasteiger partial charge in [-0.2, -0.15) is 0 Å². The van der Waals surface area contributed by atoms with Crippen molar-refractivity contribution < 1.29 is 5.11 Å². The highest BCUT2D eigenvalue weighted by atomic mass is 28.3. The Kier molecular flexibility index (Phi) is 5.61. The molecule has 0 aliphatic heterocycles. The van der Waals surface area contributed by atoms with E-state index >= 15 is 0 Å². The van der Waals surface area contributed by atoms with Gasteiger partial charge in [-0.1, -0.05) is 47.3 Å². The van der Waals surface area contributed by atoms with Crippen molar-refractivity contribution >= 4 is 13.4 Å². The maximum atomic E-state index is 11.1. The third-order valence-electron chi connectivity index (χ3n) is 3.24. The molecule has 0 aromatic heterocycles. The quantitative estimate of drug-likeness (QED) is 0.590. The Morgan fingerprint density at radius 2 is 1.29 bits per heavy atom. The lowest BCUT2D eigenvalue weighted by atomic mass is 9.81. The Morgan fingerprint density at radius 1 is 0.941 bits per heavy atom. The van der Waals surface area contributed by atoms with Gasteiger partial charge in [-0.05, 0) is 25.7 Å². The Hall–Kier alpha value is -0.153. The van der Waals surface area contributed by atoms with Crippen LogP contribution in [0.4, 0.5) is 0 Å². The van der Waals surface area contributed by atoms with Crippen LogP contribution in [0.1, 0.15) is 41.5 Å². The number of hydrogen-bond donors (Lipinski definition) is 1. The van der Waals surface area contributed by atoms with Crippen molar-refractivity contribution in [2.24, 2.45) is 16.8 Å². The lowest BCUT2D eigenvalue weighted by Gasteiger charge is -2.42. The van der Waals surface area contributed by atoms with Gasteiger partial charge in [0.2, 0.25) is 0 Å². The van der Waals surface area contributed by atoms with E-state index in [9.17, 15) is 5.11 Å². The fraction of sp³-hybridized carbons (Fsp3) is 0.929. The standard InChI is InChI=1S/C14H31NOSi/c1-10(2)14(16,11(3)4)13(15-12(5)6)17(7,8)9/h10-12,16H,1-9H3. The maximum Gasteiger partial charge on any atom is 0.103 e. The van der Waals surface area contributed by atoms with E-state index < -0.39 is 13.7 Å². The molecule has 0 fully saturated rings. The van der Waals surface area contributed by atoms with Gasteiger partial charge in [0.1, 0.15) is 5.60 Å². The molecule has 0 unspecified atom stereocenters. The second-order valence-corrected chi connectivity index (χ2v) is 11.9. The molecule has 17 heavy (non-hydrogen) atoms. The summed E-state index contributed by atoms with van der Waals surface area (Å²) in [5.41, 5.74) is -0.755. The topological polar surface area (TPSA) is 32.6 Å². The first-order valence-corrected chi connectivity index (χ1v) is 10.2. The van der Waals surface area contributed by atoms with Crippen molar-refractivity contribution in [2.75, 3.05) is 0 Å². The molecule has 0 aromatic carbocycles. The van der Waals surface area contributed by atoms with E-state index in [-0.39, 0.29) is 17.9 Å². The molecule has 0 atom stereocenters. The van der Waals surface area contributed by atoms with E-state index in [0.29, 0.717) is 0 Å². The number of nitrogens with zero attached hydrogens (tertiary/aromatic N) is 1. The summed E-state index contributed by atoms with van der Waals surface area (Å²) in [5.74, 6) is 0.401. The molecule has 2 nitrogen and oxygen atoms in total. The molecule has 0 amide bonds. The summed E-state index contributed by atoms with van der Waals surface area (Å²) in [4.78, 5) is 4.79. The molecular formula is C14H31NOSi. The van der Waals surface area contributed by atoms with Gasteiger partial charge in [0.15, 0.2) is 0 Å². The molecule has 0 radical (unpaired) electrons. The minimum Gasteiger partial charge on any atom is -0.384 e.